The second-order valence-electron chi connectivity index (χ2n) is 7.08. The third-order valence-electron chi connectivity index (χ3n) is 4.91. The summed E-state index contributed by atoms with van der Waals surface area (Å²) in [6, 6.07) is 15.7. The van der Waals surface area contributed by atoms with Crippen molar-refractivity contribution < 1.29 is 17.9 Å². The molecule has 10 heteroatoms. The van der Waals surface area contributed by atoms with Gasteiger partial charge in [0.25, 0.3) is 10.0 Å². The molecular weight excluding hydrogens is 496 g/mol. The van der Waals surface area contributed by atoms with E-state index in [1.165, 1.54) is 6.07 Å². The number of anilines is 2. The van der Waals surface area contributed by atoms with Gasteiger partial charge in [-0.3, -0.25) is 4.72 Å². The van der Waals surface area contributed by atoms with Gasteiger partial charge in [0.05, 0.1) is 25.5 Å². The summed E-state index contributed by atoms with van der Waals surface area (Å²) in [5.74, 6) is 1.12. The molecular formula is C22H23BrN4O4S. The van der Waals surface area contributed by atoms with Crippen LogP contribution in [0.15, 0.2) is 64.0 Å². The van der Waals surface area contributed by atoms with Crippen molar-refractivity contribution in [1.82, 2.24) is 10.2 Å². The molecule has 1 aliphatic heterocycles. The average Bonchev–Trinajstić information content (AvgIpc) is 2.81. The van der Waals surface area contributed by atoms with Crippen molar-refractivity contribution in [2.24, 2.45) is 0 Å². The van der Waals surface area contributed by atoms with Gasteiger partial charge in [-0.25, -0.2) is 8.42 Å². The van der Waals surface area contributed by atoms with Gasteiger partial charge in [0.2, 0.25) is 0 Å². The zero-order valence-electron chi connectivity index (χ0n) is 17.5. The summed E-state index contributed by atoms with van der Waals surface area (Å²) in [6.45, 7) is 5.14. The van der Waals surface area contributed by atoms with Gasteiger partial charge in [0.15, 0.2) is 5.82 Å². The summed E-state index contributed by atoms with van der Waals surface area (Å²) >= 11 is 3.32. The second kappa shape index (κ2) is 9.85. The van der Waals surface area contributed by atoms with Crippen LogP contribution in [-0.4, -0.2) is 51.5 Å². The van der Waals surface area contributed by atoms with E-state index < -0.39 is 10.0 Å². The van der Waals surface area contributed by atoms with E-state index in [2.05, 4.69) is 35.7 Å². The van der Waals surface area contributed by atoms with Gasteiger partial charge in [-0.15, -0.1) is 10.2 Å². The maximum absolute atomic E-state index is 12.9. The molecule has 2 aromatic carbocycles. The summed E-state index contributed by atoms with van der Waals surface area (Å²) in [5.41, 5.74) is 1.99. The van der Waals surface area contributed by atoms with Crippen molar-refractivity contribution in [2.45, 2.75) is 11.8 Å². The smallest absolute Gasteiger partial charge is 0.265 e. The minimum Gasteiger partial charge on any atom is -0.492 e. The molecule has 168 valence electrons. The van der Waals surface area contributed by atoms with E-state index in [-0.39, 0.29) is 4.90 Å². The number of morpholine rings is 1. The molecule has 0 unspecified atom stereocenters. The number of sulfonamides is 1. The van der Waals surface area contributed by atoms with Gasteiger partial charge in [-0.05, 0) is 49.4 Å². The fourth-order valence-corrected chi connectivity index (χ4v) is 5.07. The summed E-state index contributed by atoms with van der Waals surface area (Å²) in [7, 11) is -3.83. The number of hydrogen-bond donors (Lipinski definition) is 1. The third kappa shape index (κ3) is 5.20. The van der Waals surface area contributed by atoms with Crippen LogP contribution in [-0.2, 0) is 14.8 Å². The van der Waals surface area contributed by atoms with Crippen LogP contribution in [0, 0.1) is 0 Å². The van der Waals surface area contributed by atoms with Crippen LogP contribution in [0.2, 0.25) is 0 Å². The number of nitrogens with zero attached hydrogens (tertiary/aromatic N) is 3. The Kier molecular flexibility index (Phi) is 6.92. The normalized spacial score (nSPS) is 14.2. The first-order chi connectivity index (χ1) is 15.5. The minimum absolute atomic E-state index is 0.0716. The summed E-state index contributed by atoms with van der Waals surface area (Å²) in [6.07, 6.45) is 0. The minimum atomic E-state index is -3.83. The zero-order chi connectivity index (χ0) is 22.6. The maximum atomic E-state index is 12.9. The standard InChI is InChI=1S/C22H23BrN4O4S/c1-2-31-20-9-5-17(23)15-21(20)32(28,29)26-18-6-3-16(4-7-18)19-8-10-22(25-24-19)27-11-13-30-14-12-27/h3-10,15,26H,2,11-14H2,1H3. The third-order valence-corrected chi connectivity index (χ3v) is 6.81. The zero-order valence-corrected chi connectivity index (χ0v) is 19.9. The van der Waals surface area contributed by atoms with E-state index in [1.807, 2.05) is 12.1 Å². The second-order valence-corrected chi connectivity index (χ2v) is 9.65. The first-order valence-electron chi connectivity index (χ1n) is 10.2. The Morgan fingerprint density at radius 2 is 1.81 bits per heavy atom. The largest absolute Gasteiger partial charge is 0.492 e. The maximum Gasteiger partial charge on any atom is 0.265 e. The molecule has 4 rings (SSSR count). The SMILES string of the molecule is CCOc1ccc(Br)cc1S(=O)(=O)Nc1ccc(-c2ccc(N3CCOCC3)nn2)cc1. The highest BCUT2D eigenvalue weighted by atomic mass is 79.9. The number of rotatable bonds is 7. The molecule has 0 bridgehead atoms. The molecule has 1 saturated heterocycles. The molecule has 0 aliphatic carbocycles. The highest BCUT2D eigenvalue weighted by molar-refractivity contribution is 9.10. The van der Waals surface area contributed by atoms with Crippen LogP contribution in [0.1, 0.15) is 6.92 Å². The number of hydrogen-bond acceptors (Lipinski definition) is 7. The Balaban J connectivity index is 1.50. The van der Waals surface area contributed by atoms with Crippen LogP contribution in [0.25, 0.3) is 11.3 Å². The highest BCUT2D eigenvalue weighted by Gasteiger charge is 2.20. The molecule has 3 aromatic rings. The molecule has 1 fully saturated rings. The van der Waals surface area contributed by atoms with Gasteiger partial charge >= 0.3 is 0 Å². The van der Waals surface area contributed by atoms with Crippen LogP contribution < -0.4 is 14.4 Å². The number of nitrogens with one attached hydrogen (secondary N) is 1. The van der Waals surface area contributed by atoms with Crippen LogP contribution in [0.5, 0.6) is 5.75 Å². The van der Waals surface area contributed by atoms with Crippen molar-refractivity contribution in [3.8, 4) is 17.0 Å². The van der Waals surface area contributed by atoms with Crippen LogP contribution in [0.4, 0.5) is 11.5 Å². The van der Waals surface area contributed by atoms with Crippen LogP contribution >= 0.6 is 15.9 Å². The quantitative estimate of drug-likeness (QED) is 0.506. The van der Waals surface area contributed by atoms with E-state index in [0.29, 0.717) is 41.4 Å². The number of benzene rings is 2. The Morgan fingerprint density at radius 1 is 1.06 bits per heavy atom. The molecule has 0 spiro atoms. The highest BCUT2D eigenvalue weighted by Crippen LogP contribution is 2.30. The average molecular weight is 519 g/mol. The van der Waals surface area contributed by atoms with E-state index in [9.17, 15) is 8.42 Å². The summed E-state index contributed by atoms with van der Waals surface area (Å²) < 4.78 is 40.0. The summed E-state index contributed by atoms with van der Waals surface area (Å²) in [4.78, 5) is 2.21. The first-order valence-corrected chi connectivity index (χ1v) is 12.5. The lowest BCUT2D eigenvalue weighted by atomic mass is 10.1. The van der Waals surface area contributed by atoms with Crippen molar-refractivity contribution >= 4 is 37.5 Å². The first kappa shape index (κ1) is 22.5. The Hall–Kier alpha value is -2.69. The molecule has 0 amide bonds. The number of aromatic nitrogens is 2. The molecule has 32 heavy (non-hydrogen) atoms. The predicted octanol–water partition coefficient (Wildman–Crippen LogP) is 3.94. The van der Waals surface area contributed by atoms with Crippen molar-refractivity contribution in [2.75, 3.05) is 42.5 Å². The fourth-order valence-electron chi connectivity index (χ4n) is 3.33. The topological polar surface area (TPSA) is 93.7 Å². The number of halogens is 1. The lowest BCUT2D eigenvalue weighted by Crippen LogP contribution is -2.36. The van der Waals surface area contributed by atoms with E-state index >= 15 is 0 Å². The molecule has 1 aromatic heterocycles. The Labute approximate surface area is 195 Å². The Morgan fingerprint density at radius 3 is 2.47 bits per heavy atom. The number of ether oxygens (including phenoxy) is 2. The lowest BCUT2D eigenvalue weighted by Gasteiger charge is -2.27. The van der Waals surface area contributed by atoms with E-state index in [4.69, 9.17) is 9.47 Å². The monoisotopic (exact) mass is 518 g/mol. The van der Waals surface area contributed by atoms with Crippen molar-refractivity contribution in [3.63, 3.8) is 0 Å². The Bertz CT molecular complexity index is 1170. The van der Waals surface area contributed by atoms with Gasteiger partial charge in [-0.1, -0.05) is 28.1 Å². The lowest BCUT2D eigenvalue weighted by molar-refractivity contribution is 0.122. The predicted molar refractivity (Wildman–Crippen MR) is 127 cm³/mol. The van der Waals surface area contributed by atoms with E-state index in [1.54, 1.807) is 43.3 Å². The van der Waals surface area contributed by atoms with Crippen molar-refractivity contribution in [1.29, 1.82) is 0 Å². The van der Waals surface area contributed by atoms with Gasteiger partial charge < -0.3 is 14.4 Å². The molecule has 8 nitrogen and oxygen atoms in total. The molecule has 0 atom stereocenters. The van der Waals surface area contributed by atoms with Crippen LogP contribution in [0.3, 0.4) is 0 Å². The molecule has 0 radical (unpaired) electrons. The molecule has 2 heterocycles. The molecule has 1 N–H and O–H groups in total. The van der Waals surface area contributed by atoms with Gasteiger partial charge in [0.1, 0.15) is 10.6 Å². The molecule has 1 aliphatic rings. The fraction of sp³-hybridized carbons (Fsp3) is 0.273. The van der Waals surface area contributed by atoms with E-state index in [0.717, 1.165) is 24.5 Å². The van der Waals surface area contributed by atoms with Crippen molar-refractivity contribution in [3.05, 3.63) is 59.1 Å². The van der Waals surface area contributed by atoms with Gasteiger partial charge in [-0.2, -0.15) is 0 Å². The summed E-state index contributed by atoms with van der Waals surface area (Å²) in [5, 5.41) is 8.65. The molecule has 0 saturated carbocycles. The van der Waals surface area contributed by atoms with Gasteiger partial charge in [0, 0.05) is 28.8 Å².